The first-order valence-corrected chi connectivity index (χ1v) is 7.50. The number of nitrogens with one attached hydrogen (secondary N) is 1. The quantitative estimate of drug-likeness (QED) is 0.744. The van der Waals surface area contributed by atoms with Crippen LogP contribution in [0.4, 0.5) is 0 Å². The van der Waals surface area contributed by atoms with Crippen LogP contribution in [0.1, 0.15) is 39.5 Å². The average Bonchev–Trinajstić information content (AvgIpc) is 2.72. The van der Waals surface area contributed by atoms with Crippen molar-refractivity contribution < 1.29 is 9.53 Å². The summed E-state index contributed by atoms with van der Waals surface area (Å²) in [5.74, 6) is 1.46. The van der Waals surface area contributed by atoms with Gasteiger partial charge in [-0.3, -0.25) is 4.79 Å². The Kier molecular flexibility index (Phi) is 5.80. The standard InChI is InChI=1S/C13H25NO2S/c1-10(2)17-9-7-11-6-5-8-13(11,14-3)12(15)16-4/h10-11,14H,5-9H2,1-4H3. The highest BCUT2D eigenvalue weighted by Crippen LogP contribution is 2.39. The number of methoxy groups -OCH3 is 1. The summed E-state index contributed by atoms with van der Waals surface area (Å²) in [6.07, 6.45) is 4.26. The van der Waals surface area contributed by atoms with Gasteiger partial charge in [0.1, 0.15) is 5.54 Å². The van der Waals surface area contributed by atoms with E-state index in [1.807, 2.05) is 18.8 Å². The second kappa shape index (κ2) is 6.64. The predicted molar refractivity (Wildman–Crippen MR) is 73.4 cm³/mol. The van der Waals surface area contributed by atoms with Gasteiger partial charge in [0.15, 0.2) is 0 Å². The maximum Gasteiger partial charge on any atom is 0.326 e. The molecule has 0 aliphatic heterocycles. The van der Waals surface area contributed by atoms with E-state index in [2.05, 4.69) is 19.2 Å². The Balaban J connectivity index is 2.59. The van der Waals surface area contributed by atoms with Crippen LogP contribution in [0.2, 0.25) is 0 Å². The molecule has 0 amide bonds. The van der Waals surface area contributed by atoms with Crippen LogP contribution >= 0.6 is 11.8 Å². The highest BCUT2D eigenvalue weighted by molar-refractivity contribution is 7.99. The molecule has 1 aliphatic rings. The van der Waals surface area contributed by atoms with E-state index >= 15 is 0 Å². The van der Waals surface area contributed by atoms with E-state index in [4.69, 9.17) is 4.74 Å². The lowest BCUT2D eigenvalue weighted by Gasteiger charge is -2.32. The van der Waals surface area contributed by atoms with Gasteiger partial charge in [-0.2, -0.15) is 11.8 Å². The molecule has 2 atom stereocenters. The van der Waals surface area contributed by atoms with Crippen molar-refractivity contribution in [1.29, 1.82) is 0 Å². The van der Waals surface area contributed by atoms with Gasteiger partial charge in [0.25, 0.3) is 0 Å². The van der Waals surface area contributed by atoms with Crippen LogP contribution in [-0.2, 0) is 9.53 Å². The highest BCUT2D eigenvalue weighted by atomic mass is 32.2. The number of hydrogen-bond acceptors (Lipinski definition) is 4. The van der Waals surface area contributed by atoms with Crippen LogP contribution in [-0.4, -0.2) is 36.7 Å². The van der Waals surface area contributed by atoms with E-state index in [1.54, 1.807) is 0 Å². The van der Waals surface area contributed by atoms with Gasteiger partial charge in [-0.1, -0.05) is 20.3 Å². The zero-order valence-corrected chi connectivity index (χ0v) is 12.2. The molecule has 1 aliphatic carbocycles. The molecule has 1 N–H and O–H groups in total. The summed E-state index contributed by atoms with van der Waals surface area (Å²) in [6.45, 7) is 4.43. The Bertz CT molecular complexity index is 258. The third-order valence-electron chi connectivity index (χ3n) is 3.73. The SMILES string of the molecule is CNC1(C(=O)OC)CCCC1CCSC(C)C. The van der Waals surface area contributed by atoms with Gasteiger partial charge < -0.3 is 10.1 Å². The molecule has 1 rings (SSSR count). The molecule has 0 aromatic carbocycles. The van der Waals surface area contributed by atoms with Gasteiger partial charge in [0.2, 0.25) is 0 Å². The maximum atomic E-state index is 12.0. The largest absolute Gasteiger partial charge is 0.468 e. The number of hydrogen-bond donors (Lipinski definition) is 1. The summed E-state index contributed by atoms with van der Waals surface area (Å²) in [5, 5.41) is 3.90. The predicted octanol–water partition coefficient (Wildman–Crippen LogP) is 2.45. The van der Waals surface area contributed by atoms with Crippen molar-refractivity contribution in [3.63, 3.8) is 0 Å². The van der Waals surface area contributed by atoms with E-state index in [1.165, 1.54) is 7.11 Å². The summed E-state index contributed by atoms with van der Waals surface area (Å²) in [7, 11) is 3.37. The van der Waals surface area contributed by atoms with Crippen molar-refractivity contribution in [2.24, 2.45) is 5.92 Å². The lowest BCUT2D eigenvalue weighted by molar-refractivity contribution is -0.150. The van der Waals surface area contributed by atoms with E-state index in [0.717, 1.165) is 31.4 Å². The smallest absolute Gasteiger partial charge is 0.326 e. The van der Waals surface area contributed by atoms with Crippen molar-refractivity contribution in [1.82, 2.24) is 5.32 Å². The van der Waals surface area contributed by atoms with Gasteiger partial charge in [0.05, 0.1) is 7.11 Å². The van der Waals surface area contributed by atoms with Crippen LogP contribution in [0.3, 0.4) is 0 Å². The van der Waals surface area contributed by atoms with Gasteiger partial charge in [-0.15, -0.1) is 0 Å². The molecule has 0 radical (unpaired) electrons. The number of esters is 1. The molecule has 0 saturated heterocycles. The fourth-order valence-electron chi connectivity index (χ4n) is 2.80. The van der Waals surface area contributed by atoms with Crippen molar-refractivity contribution >= 4 is 17.7 Å². The van der Waals surface area contributed by atoms with Crippen LogP contribution in [0.25, 0.3) is 0 Å². The van der Waals surface area contributed by atoms with Crippen LogP contribution in [0.15, 0.2) is 0 Å². The monoisotopic (exact) mass is 259 g/mol. The molecule has 1 fully saturated rings. The first-order valence-electron chi connectivity index (χ1n) is 6.45. The van der Waals surface area contributed by atoms with Crippen molar-refractivity contribution in [3.8, 4) is 0 Å². The zero-order chi connectivity index (χ0) is 12.9. The fourth-order valence-corrected chi connectivity index (χ4v) is 3.69. The molecule has 1 saturated carbocycles. The first kappa shape index (κ1) is 14.8. The summed E-state index contributed by atoms with van der Waals surface area (Å²) in [6, 6.07) is 0. The van der Waals surface area contributed by atoms with Gasteiger partial charge in [-0.25, -0.2) is 0 Å². The molecular weight excluding hydrogens is 234 g/mol. The number of rotatable bonds is 6. The van der Waals surface area contributed by atoms with Crippen molar-refractivity contribution in [2.45, 2.75) is 50.3 Å². The summed E-state index contributed by atoms with van der Waals surface area (Å²) in [5.41, 5.74) is -0.424. The molecular formula is C13H25NO2S. The Labute approximate surface area is 109 Å². The summed E-state index contributed by atoms with van der Waals surface area (Å²) < 4.78 is 4.98. The highest BCUT2D eigenvalue weighted by Gasteiger charge is 2.48. The van der Waals surface area contributed by atoms with E-state index in [-0.39, 0.29) is 5.97 Å². The molecule has 2 unspecified atom stereocenters. The fraction of sp³-hybridized carbons (Fsp3) is 0.923. The minimum Gasteiger partial charge on any atom is -0.468 e. The van der Waals surface area contributed by atoms with Gasteiger partial charge in [0, 0.05) is 0 Å². The normalized spacial score (nSPS) is 28.6. The Morgan fingerprint density at radius 1 is 1.59 bits per heavy atom. The Morgan fingerprint density at radius 3 is 2.82 bits per heavy atom. The van der Waals surface area contributed by atoms with E-state index < -0.39 is 5.54 Å². The number of likely N-dealkylation sites (N-methyl/N-ethyl adjacent to an activating group) is 1. The third kappa shape index (κ3) is 3.38. The molecule has 0 aromatic heterocycles. The number of carbonyl (C=O) groups is 1. The van der Waals surface area contributed by atoms with E-state index in [9.17, 15) is 4.79 Å². The van der Waals surface area contributed by atoms with Crippen LogP contribution in [0, 0.1) is 5.92 Å². The number of ether oxygens (including phenoxy) is 1. The molecule has 0 spiro atoms. The second-order valence-corrected chi connectivity index (χ2v) is 6.69. The number of carbonyl (C=O) groups excluding carboxylic acids is 1. The van der Waals surface area contributed by atoms with Crippen LogP contribution < -0.4 is 5.32 Å². The maximum absolute atomic E-state index is 12.0. The van der Waals surface area contributed by atoms with Crippen LogP contribution in [0.5, 0.6) is 0 Å². The molecule has 0 heterocycles. The topological polar surface area (TPSA) is 38.3 Å². The Morgan fingerprint density at radius 2 is 2.29 bits per heavy atom. The molecule has 100 valence electrons. The van der Waals surface area contributed by atoms with Crippen molar-refractivity contribution in [3.05, 3.63) is 0 Å². The average molecular weight is 259 g/mol. The zero-order valence-electron chi connectivity index (χ0n) is 11.4. The number of thioether (sulfide) groups is 1. The third-order valence-corrected chi connectivity index (χ3v) is 4.87. The molecule has 3 nitrogen and oxygen atoms in total. The molecule has 4 heteroatoms. The summed E-state index contributed by atoms with van der Waals surface area (Å²) in [4.78, 5) is 12.0. The Hall–Kier alpha value is -0.220. The summed E-state index contributed by atoms with van der Waals surface area (Å²) >= 11 is 1.97. The van der Waals surface area contributed by atoms with E-state index in [0.29, 0.717) is 11.2 Å². The van der Waals surface area contributed by atoms with Crippen molar-refractivity contribution in [2.75, 3.05) is 19.9 Å². The molecule has 0 bridgehead atoms. The molecule has 0 aromatic rings. The minimum absolute atomic E-state index is 0.0861. The minimum atomic E-state index is -0.424. The van der Waals surface area contributed by atoms with Gasteiger partial charge in [-0.05, 0) is 43.2 Å². The van der Waals surface area contributed by atoms with Gasteiger partial charge >= 0.3 is 5.97 Å². The lowest BCUT2D eigenvalue weighted by atomic mass is 9.85. The second-order valence-electron chi connectivity index (χ2n) is 5.01. The first-order chi connectivity index (χ1) is 8.06. The molecule has 17 heavy (non-hydrogen) atoms. The lowest BCUT2D eigenvalue weighted by Crippen LogP contribution is -2.53.